The third-order valence-electron chi connectivity index (χ3n) is 4.89. The number of benzene rings is 2. The van der Waals surface area contributed by atoms with Gasteiger partial charge in [0.1, 0.15) is 5.82 Å². The van der Waals surface area contributed by atoms with Crippen molar-refractivity contribution in [3.8, 4) is 0 Å². The minimum absolute atomic E-state index is 0.0769. The molecule has 2 aromatic carbocycles. The number of anilines is 1. The van der Waals surface area contributed by atoms with Crippen molar-refractivity contribution in [1.29, 1.82) is 0 Å². The highest BCUT2D eigenvalue weighted by molar-refractivity contribution is 5.96. The summed E-state index contributed by atoms with van der Waals surface area (Å²) < 4.78 is 12.9. The average Bonchev–Trinajstić information content (AvgIpc) is 2.70. The normalized spacial score (nSPS) is 14.5. The summed E-state index contributed by atoms with van der Waals surface area (Å²) in [5.74, 6) is -0.838. The molecule has 0 aromatic heterocycles. The molecule has 0 radical (unpaired) electrons. The molecule has 2 amide bonds. The van der Waals surface area contributed by atoms with Crippen molar-refractivity contribution in [3.63, 3.8) is 0 Å². The zero-order valence-corrected chi connectivity index (χ0v) is 15.9. The summed E-state index contributed by atoms with van der Waals surface area (Å²) in [6, 6.07) is 10.0. The Balaban J connectivity index is 1.54. The highest BCUT2D eigenvalue weighted by Gasteiger charge is 2.26. The Bertz CT molecular complexity index is 925. The van der Waals surface area contributed by atoms with Crippen LogP contribution < -0.4 is 5.32 Å². The number of halogens is 1. The molecule has 1 aliphatic rings. The quantitative estimate of drug-likeness (QED) is 0.614. The second kappa shape index (κ2) is 8.78. The lowest BCUT2D eigenvalue weighted by atomic mass is 10.1. The number of hydrogen-bond donors (Lipinski definition) is 1. The van der Waals surface area contributed by atoms with E-state index in [4.69, 9.17) is 0 Å². The molecule has 0 unspecified atom stereocenters. The number of carbonyl (C=O) groups is 2. The van der Waals surface area contributed by atoms with Crippen LogP contribution in [0.1, 0.15) is 15.9 Å². The van der Waals surface area contributed by atoms with Crippen LogP contribution in [0.15, 0.2) is 42.5 Å². The van der Waals surface area contributed by atoms with Crippen molar-refractivity contribution in [3.05, 3.63) is 69.5 Å². The van der Waals surface area contributed by atoms with Gasteiger partial charge in [-0.2, -0.15) is 0 Å². The molecule has 0 atom stereocenters. The molecule has 152 valence electrons. The molecule has 0 spiro atoms. The summed E-state index contributed by atoms with van der Waals surface area (Å²) in [5.41, 5.74) is 1.11. The van der Waals surface area contributed by atoms with Crippen molar-refractivity contribution in [2.45, 2.75) is 6.92 Å². The standard InChI is InChI=1S/C20H21FN4O4/c1-14-17(3-2-4-18(14)25(28)29)20(27)24-11-9-23(10-12-24)13-19(26)22-16-7-5-15(21)6-8-16/h2-8H,9-13H2,1H3,(H,22,26). The summed E-state index contributed by atoms with van der Waals surface area (Å²) in [6.45, 7) is 3.60. The fourth-order valence-electron chi connectivity index (χ4n) is 3.27. The zero-order chi connectivity index (χ0) is 21.0. The molecule has 29 heavy (non-hydrogen) atoms. The molecule has 1 fully saturated rings. The molecule has 0 bridgehead atoms. The number of rotatable bonds is 5. The van der Waals surface area contributed by atoms with E-state index in [1.165, 1.54) is 36.4 Å². The molecule has 1 heterocycles. The van der Waals surface area contributed by atoms with Crippen LogP contribution in [0.3, 0.4) is 0 Å². The number of nitro benzene ring substituents is 1. The highest BCUT2D eigenvalue weighted by atomic mass is 19.1. The molecular weight excluding hydrogens is 379 g/mol. The van der Waals surface area contributed by atoms with Gasteiger partial charge in [0, 0.05) is 49.1 Å². The smallest absolute Gasteiger partial charge is 0.273 e. The van der Waals surface area contributed by atoms with Gasteiger partial charge in [0.2, 0.25) is 5.91 Å². The Morgan fingerprint density at radius 3 is 2.38 bits per heavy atom. The molecule has 0 saturated carbocycles. The first kappa shape index (κ1) is 20.4. The van der Waals surface area contributed by atoms with Gasteiger partial charge in [-0.1, -0.05) is 6.07 Å². The van der Waals surface area contributed by atoms with Crippen molar-refractivity contribution < 1.29 is 18.9 Å². The maximum Gasteiger partial charge on any atom is 0.273 e. The highest BCUT2D eigenvalue weighted by Crippen LogP contribution is 2.22. The summed E-state index contributed by atoms with van der Waals surface area (Å²) in [5, 5.41) is 13.8. The van der Waals surface area contributed by atoms with E-state index in [0.717, 1.165) is 0 Å². The lowest BCUT2D eigenvalue weighted by Gasteiger charge is -2.34. The molecule has 1 N–H and O–H groups in total. The maximum atomic E-state index is 12.9. The SMILES string of the molecule is Cc1c(C(=O)N2CCN(CC(=O)Nc3ccc(F)cc3)CC2)cccc1[N+](=O)[O-]. The second-order valence-electron chi connectivity index (χ2n) is 6.83. The van der Waals surface area contributed by atoms with Gasteiger partial charge < -0.3 is 10.2 Å². The van der Waals surface area contributed by atoms with Gasteiger partial charge in [0.25, 0.3) is 11.6 Å². The summed E-state index contributed by atoms with van der Waals surface area (Å²) in [7, 11) is 0. The molecule has 8 nitrogen and oxygen atoms in total. The van der Waals surface area contributed by atoms with Crippen molar-refractivity contribution in [2.75, 3.05) is 38.0 Å². The zero-order valence-electron chi connectivity index (χ0n) is 15.9. The van der Waals surface area contributed by atoms with E-state index in [1.807, 2.05) is 4.90 Å². The first-order chi connectivity index (χ1) is 13.8. The molecule has 2 aromatic rings. The number of hydrogen-bond acceptors (Lipinski definition) is 5. The lowest BCUT2D eigenvalue weighted by Crippen LogP contribution is -2.50. The molecule has 3 rings (SSSR count). The topological polar surface area (TPSA) is 95.8 Å². The third kappa shape index (κ3) is 4.94. The number of amides is 2. The molecule has 1 saturated heterocycles. The van der Waals surface area contributed by atoms with Gasteiger partial charge in [-0.3, -0.25) is 24.6 Å². The Kier molecular flexibility index (Phi) is 6.18. The fourth-order valence-corrected chi connectivity index (χ4v) is 3.27. The van der Waals surface area contributed by atoms with Crippen LogP contribution in [-0.2, 0) is 4.79 Å². The molecule has 9 heteroatoms. The average molecular weight is 400 g/mol. The number of piperazine rings is 1. The van der Waals surface area contributed by atoms with E-state index in [0.29, 0.717) is 43.0 Å². The summed E-state index contributed by atoms with van der Waals surface area (Å²) >= 11 is 0. The largest absolute Gasteiger partial charge is 0.336 e. The number of nitrogens with one attached hydrogen (secondary N) is 1. The van der Waals surface area contributed by atoms with E-state index in [1.54, 1.807) is 17.9 Å². The van der Waals surface area contributed by atoms with Crippen LogP contribution in [-0.4, -0.2) is 59.3 Å². The summed E-state index contributed by atoms with van der Waals surface area (Å²) in [6.07, 6.45) is 0. The predicted molar refractivity (Wildman–Crippen MR) is 105 cm³/mol. The Labute approximate surface area is 167 Å². The van der Waals surface area contributed by atoms with Crippen LogP contribution in [0.2, 0.25) is 0 Å². The van der Waals surface area contributed by atoms with Crippen LogP contribution in [0.5, 0.6) is 0 Å². The Morgan fingerprint density at radius 1 is 1.10 bits per heavy atom. The Morgan fingerprint density at radius 2 is 1.76 bits per heavy atom. The molecule has 0 aliphatic carbocycles. The first-order valence-corrected chi connectivity index (χ1v) is 9.16. The van der Waals surface area contributed by atoms with Crippen molar-refractivity contribution in [2.24, 2.45) is 0 Å². The number of carbonyl (C=O) groups excluding carboxylic acids is 2. The van der Waals surface area contributed by atoms with Gasteiger partial charge in [-0.05, 0) is 37.3 Å². The minimum Gasteiger partial charge on any atom is -0.336 e. The molecule has 1 aliphatic heterocycles. The van der Waals surface area contributed by atoms with Crippen LogP contribution in [0, 0.1) is 22.9 Å². The predicted octanol–water partition coefficient (Wildman–Crippen LogP) is 2.44. The van der Waals surface area contributed by atoms with Crippen molar-refractivity contribution in [1.82, 2.24) is 9.80 Å². The first-order valence-electron chi connectivity index (χ1n) is 9.16. The van der Waals surface area contributed by atoms with Gasteiger partial charge in [0.15, 0.2) is 0 Å². The monoisotopic (exact) mass is 400 g/mol. The van der Waals surface area contributed by atoms with Crippen LogP contribution in [0.25, 0.3) is 0 Å². The van der Waals surface area contributed by atoms with Crippen molar-refractivity contribution >= 4 is 23.2 Å². The van der Waals surface area contributed by atoms with Crippen LogP contribution in [0.4, 0.5) is 15.8 Å². The van der Waals surface area contributed by atoms with E-state index in [-0.39, 0.29) is 29.9 Å². The van der Waals surface area contributed by atoms with E-state index in [2.05, 4.69) is 5.32 Å². The van der Waals surface area contributed by atoms with Crippen LogP contribution >= 0.6 is 0 Å². The fraction of sp³-hybridized carbons (Fsp3) is 0.300. The third-order valence-corrected chi connectivity index (χ3v) is 4.89. The van der Waals surface area contributed by atoms with Gasteiger partial charge in [0.05, 0.1) is 11.5 Å². The maximum absolute atomic E-state index is 12.9. The summed E-state index contributed by atoms with van der Waals surface area (Å²) in [4.78, 5) is 39.1. The number of nitro groups is 1. The van der Waals surface area contributed by atoms with E-state index < -0.39 is 4.92 Å². The van der Waals surface area contributed by atoms with Gasteiger partial charge in [-0.15, -0.1) is 0 Å². The van der Waals surface area contributed by atoms with E-state index in [9.17, 15) is 24.1 Å². The lowest BCUT2D eigenvalue weighted by molar-refractivity contribution is -0.385. The Hall–Kier alpha value is -3.33. The second-order valence-corrected chi connectivity index (χ2v) is 6.83. The van der Waals surface area contributed by atoms with Gasteiger partial charge >= 0.3 is 0 Å². The number of nitrogens with zero attached hydrogens (tertiary/aromatic N) is 3. The van der Waals surface area contributed by atoms with E-state index >= 15 is 0 Å². The minimum atomic E-state index is -0.496. The molecular formula is C20H21FN4O4. The van der Waals surface area contributed by atoms with Gasteiger partial charge in [-0.25, -0.2) is 4.39 Å².